The number of hydrogen-bond donors (Lipinski definition) is 0. The van der Waals surface area contributed by atoms with Crippen molar-refractivity contribution < 1.29 is 28.6 Å². The molecule has 1 unspecified atom stereocenters. The molecule has 0 aliphatic carbocycles. The molecule has 0 saturated carbocycles. The maximum atomic E-state index is 12.9. The van der Waals surface area contributed by atoms with Crippen LogP contribution in [0, 0.1) is 0 Å². The molecule has 0 amide bonds. The van der Waals surface area contributed by atoms with Gasteiger partial charge in [0.2, 0.25) is 0 Å². The van der Waals surface area contributed by atoms with E-state index >= 15 is 0 Å². The molecule has 0 heterocycles. The van der Waals surface area contributed by atoms with Crippen LogP contribution in [0.5, 0.6) is 0 Å². The number of hydrogen-bond acceptors (Lipinski definition) is 6. The molecule has 0 N–H and O–H groups in total. The number of carbonyl (C=O) groups excluding carboxylic acids is 3. The summed E-state index contributed by atoms with van der Waals surface area (Å²) in [5.41, 5.74) is 0. The fourth-order valence-electron chi connectivity index (χ4n) is 9.05. The lowest BCUT2D eigenvalue weighted by atomic mass is 10.0. The molecular weight excluding hydrogens is 973 g/mol. The van der Waals surface area contributed by atoms with Crippen LogP contribution in [0.4, 0.5) is 0 Å². The largest absolute Gasteiger partial charge is 0.462 e. The van der Waals surface area contributed by atoms with Crippen LogP contribution in [0.2, 0.25) is 0 Å². The van der Waals surface area contributed by atoms with E-state index in [-0.39, 0.29) is 37.5 Å². The first kappa shape index (κ1) is 74.8. The summed E-state index contributed by atoms with van der Waals surface area (Å²) in [5, 5.41) is 0. The van der Waals surface area contributed by atoms with Crippen molar-refractivity contribution in [3.05, 3.63) is 122 Å². The van der Waals surface area contributed by atoms with Crippen molar-refractivity contribution in [3.8, 4) is 0 Å². The summed E-state index contributed by atoms with van der Waals surface area (Å²) < 4.78 is 16.9. The van der Waals surface area contributed by atoms with Gasteiger partial charge in [0, 0.05) is 19.3 Å². The third kappa shape index (κ3) is 64.5. The lowest BCUT2D eigenvalue weighted by Gasteiger charge is -2.18. The van der Waals surface area contributed by atoms with Crippen molar-refractivity contribution in [1.29, 1.82) is 0 Å². The average molecular weight is 1100 g/mol. The molecule has 0 saturated heterocycles. The third-order valence-corrected chi connectivity index (χ3v) is 13.9. The Morgan fingerprint density at radius 3 is 0.810 bits per heavy atom. The first-order valence-corrected chi connectivity index (χ1v) is 33.0. The monoisotopic (exact) mass is 1090 g/mol. The second-order valence-electron chi connectivity index (χ2n) is 21.6. The van der Waals surface area contributed by atoms with Crippen molar-refractivity contribution in [3.63, 3.8) is 0 Å². The van der Waals surface area contributed by atoms with Crippen LogP contribution in [0.1, 0.15) is 303 Å². The van der Waals surface area contributed by atoms with Crippen LogP contribution < -0.4 is 0 Å². The Morgan fingerprint density at radius 1 is 0.266 bits per heavy atom. The van der Waals surface area contributed by atoms with Gasteiger partial charge in [-0.05, 0) is 122 Å². The third-order valence-electron chi connectivity index (χ3n) is 13.9. The van der Waals surface area contributed by atoms with E-state index in [9.17, 15) is 14.4 Å². The lowest BCUT2D eigenvalue weighted by molar-refractivity contribution is -0.167. The molecule has 6 heteroatoms. The van der Waals surface area contributed by atoms with Gasteiger partial charge in [0.1, 0.15) is 13.2 Å². The van der Waals surface area contributed by atoms with Crippen LogP contribution in [-0.2, 0) is 28.6 Å². The van der Waals surface area contributed by atoms with Crippen molar-refractivity contribution in [2.45, 2.75) is 309 Å². The minimum Gasteiger partial charge on any atom is -0.462 e. The quantitative estimate of drug-likeness (QED) is 0.0261. The Kier molecular flexibility index (Phi) is 62.8. The van der Waals surface area contributed by atoms with Gasteiger partial charge in [-0.2, -0.15) is 0 Å². The molecule has 6 nitrogen and oxygen atoms in total. The first-order valence-electron chi connectivity index (χ1n) is 33.0. The molecule has 0 aliphatic rings. The highest BCUT2D eigenvalue weighted by molar-refractivity contribution is 5.71. The zero-order valence-electron chi connectivity index (χ0n) is 51.6. The summed E-state index contributed by atoms with van der Waals surface area (Å²) in [6.45, 7) is 6.36. The van der Waals surface area contributed by atoms with E-state index < -0.39 is 6.10 Å². The number of unbranched alkanes of at least 4 members (excludes halogenated alkanes) is 28. The number of esters is 3. The van der Waals surface area contributed by atoms with E-state index in [1.54, 1.807) is 0 Å². The Bertz CT molecular complexity index is 1640. The molecule has 0 spiro atoms. The number of carbonyl (C=O) groups is 3. The minimum absolute atomic E-state index is 0.107. The fraction of sp³-hybridized carbons (Fsp3) is 0.685. The molecule has 1 atom stereocenters. The number of ether oxygens (including phenoxy) is 3. The second kappa shape index (κ2) is 66.3. The predicted octanol–water partition coefficient (Wildman–Crippen LogP) is 22.8. The van der Waals surface area contributed by atoms with E-state index in [0.29, 0.717) is 19.3 Å². The summed E-state index contributed by atoms with van der Waals surface area (Å²) in [7, 11) is 0. The number of rotatable bonds is 59. The van der Waals surface area contributed by atoms with Crippen LogP contribution in [0.3, 0.4) is 0 Å². The molecule has 0 aromatic heterocycles. The molecular formula is C73H122O6. The standard InChI is InChI=1S/C73H122O6/c1-4-7-10-13-16-19-22-25-28-30-31-32-33-34-35-36-37-38-39-40-41-43-45-48-51-54-57-60-63-66-72(75)78-69-70(68-77-71(74)65-62-59-56-53-50-47-44-27-24-21-18-15-12-9-6-3)79-73(76)67-64-61-58-55-52-49-46-42-29-26-23-20-17-14-11-8-5-2/h8-9,11-12,17-18,20-22,25-27,29-31,44,46,49,55,58,70H,4-7,10,13-16,19,23-24,28,32-43,45,47-48,50-54,56-57,59-69H2,1-3H3/b11-8-,12-9-,20-17-,21-18-,25-22-,29-26-,31-30-,44-27-,49-46-,58-55-. The molecule has 0 aromatic carbocycles. The summed E-state index contributed by atoms with van der Waals surface area (Å²) in [6, 6.07) is 0. The van der Waals surface area contributed by atoms with E-state index in [4.69, 9.17) is 14.2 Å². The highest BCUT2D eigenvalue weighted by atomic mass is 16.6. The Hall–Kier alpha value is -4.19. The van der Waals surface area contributed by atoms with Gasteiger partial charge in [0.25, 0.3) is 0 Å². The van der Waals surface area contributed by atoms with Gasteiger partial charge >= 0.3 is 17.9 Å². The van der Waals surface area contributed by atoms with Crippen molar-refractivity contribution in [1.82, 2.24) is 0 Å². The summed E-state index contributed by atoms with van der Waals surface area (Å²) in [6.07, 6.45) is 92.3. The van der Waals surface area contributed by atoms with E-state index in [2.05, 4.69) is 142 Å². The molecule has 0 fully saturated rings. The summed E-state index contributed by atoms with van der Waals surface area (Å²) >= 11 is 0. The second-order valence-corrected chi connectivity index (χ2v) is 21.6. The predicted molar refractivity (Wildman–Crippen MR) is 343 cm³/mol. The molecule has 0 aromatic rings. The molecule has 0 aliphatic heterocycles. The van der Waals surface area contributed by atoms with Gasteiger partial charge in [-0.3, -0.25) is 14.4 Å². The van der Waals surface area contributed by atoms with Gasteiger partial charge < -0.3 is 14.2 Å². The maximum Gasteiger partial charge on any atom is 0.306 e. The van der Waals surface area contributed by atoms with E-state index in [1.807, 2.05) is 0 Å². The van der Waals surface area contributed by atoms with Crippen molar-refractivity contribution in [2.24, 2.45) is 0 Å². The van der Waals surface area contributed by atoms with Crippen LogP contribution in [0.15, 0.2) is 122 Å². The van der Waals surface area contributed by atoms with Gasteiger partial charge in [0.15, 0.2) is 6.10 Å². The topological polar surface area (TPSA) is 78.9 Å². The maximum absolute atomic E-state index is 12.9. The minimum atomic E-state index is -0.819. The fourth-order valence-corrected chi connectivity index (χ4v) is 9.05. The molecule has 0 bridgehead atoms. The highest BCUT2D eigenvalue weighted by Gasteiger charge is 2.19. The van der Waals surface area contributed by atoms with Crippen LogP contribution >= 0.6 is 0 Å². The normalized spacial score (nSPS) is 12.9. The molecule has 450 valence electrons. The van der Waals surface area contributed by atoms with Crippen molar-refractivity contribution >= 4 is 17.9 Å². The Balaban J connectivity index is 4.32. The van der Waals surface area contributed by atoms with E-state index in [1.165, 1.54) is 135 Å². The van der Waals surface area contributed by atoms with Gasteiger partial charge in [-0.15, -0.1) is 0 Å². The highest BCUT2D eigenvalue weighted by Crippen LogP contribution is 2.16. The Labute approximate surface area is 488 Å². The van der Waals surface area contributed by atoms with E-state index in [0.717, 1.165) is 122 Å². The average Bonchev–Trinajstić information content (AvgIpc) is 3.45. The van der Waals surface area contributed by atoms with Gasteiger partial charge in [0.05, 0.1) is 0 Å². The Morgan fingerprint density at radius 2 is 0.506 bits per heavy atom. The van der Waals surface area contributed by atoms with Crippen LogP contribution in [-0.4, -0.2) is 37.2 Å². The first-order chi connectivity index (χ1) is 39.0. The van der Waals surface area contributed by atoms with Gasteiger partial charge in [-0.1, -0.05) is 284 Å². The molecule has 0 radical (unpaired) electrons. The zero-order chi connectivity index (χ0) is 57.1. The molecule has 79 heavy (non-hydrogen) atoms. The summed E-state index contributed by atoms with van der Waals surface area (Å²) in [4.78, 5) is 38.3. The SMILES string of the molecule is CC/C=C\C/C=C\C/C=C\C/C=C\C/C=C\CCCC(=O)OC(COC(=O)CCCCCCC/C=C\C/C=C\C/C=C\CC)COC(=O)CCCCCCCCCCCCCCCCCCC/C=C\C/C=C\CCCCCCC. The van der Waals surface area contributed by atoms with Crippen LogP contribution in [0.25, 0.3) is 0 Å². The lowest BCUT2D eigenvalue weighted by Crippen LogP contribution is -2.30. The smallest absolute Gasteiger partial charge is 0.306 e. The number of allylic oxidation sites excluding steroid dienone is 20. The molecule has 0 rings (SSSR count). The zero-order valence-corrected chi connectivity index (χ0v) is 51.6. The summed E-state index contributed by atoms with van der Waals surface area (Å²) in [5.74, 6) is -0.978. The van der Waals surface area contributed by atoms with Crippen molar-refractivity contribution in [2.75, 3.05) is 13.2 Å². The van der Waals surface area contributed by atoms with Gasteiger partial charge in [-0.25, -0.2) is 0 Å².